The van der Waals surface area contributed by atoms with Crippen molar-refractivity contribution >= 4 is 29.9 Å². The summed E-state index contributed by atoms with van der Waals surface area (Å²) in [6.45, 7) is 11.4. The van der Waals surface area contributed by atoms with Crippen LogP contribution in [0.15, 0.2) is 39.8 Å². The monoisotopic (exact) mass is 513 g/mol. The molecule has 2 aromatic rings. The van der Waals surface area contributed by atoms with E-state index in [1.54, 1.807) is 0 Å². The average Bonchev–Trinajstić information content (AvgIpc) is 3.08. The third kappa shape index (κ3) is 7.18. The fourth-order valence-electron chi connectivity index (χ4n) is 3.37. The quantitative estimate of drug-likeness (QED) is 0.364. The van der Waals surface area contributed by atoms with Gasteiger partial charge >= 0.3 is 0 Å². The maximum Gasteiger partial charge on any atom is 0.193 e. The molecule has 1 saturated heterocycles. The number of hydrogen-bond acceptors (Lipinski definition) is 5. The normalized spacial score (nSPS) is 16.3. The van der Waals surface area contributed by atoms with Crippen molar-refractivity contribution in [3.05, 3.63) is 47.3 Å². The Labute approximate surface area is 190 Å². The van der Waals surface area contributed by atoms with Gasteiger partial charge in [-0.2, -0.15) is 0 Å². The van der Waals surface area contributed by atoms with Gasteiger partial charge in [0.1, 0.15) is 17.6 Å². The summed E-state index contributed by atoms with van der Waals surface area (Å²) in [4.78, 5) is 9.14. The van der Waals surface area contributed by atoms with Crippen LogP contribution in [0.5, 0.6) is 5.75 Å². The van der Waals surface area contributed by atoms with Gasteiger partial charge in [-0.1, -0.05) is 17.3 Å². The second-order valence-electron chi connectivity index (χ2n) is 7.37. The van der Waals surface area contributed by atoms with E-state index in [-0.39, 0.29) is 30.1 Å². The van der Waals surface area contributed by atoms with E-state index in [0.717, 1.165) is 55.9 Å². The highest BCUT2D eigenvalue weighted by molar-refractivity contribution is 14.0. The molecule has 1 aliphatic rings. The molecule has 1 aromatic carbocycles. The summed E-state index contributed by atoms with van der Waals surface area (Å²) < 4.78 is 11.2. The molecular weight excluding hydrogens is 481 g/mol. The van der Waals surface area contributed by atoms with Crippen LogP contribution in [0.2, 0.25) is 0 Å². The molecule has 8 heteroatoms. The van der Waals surface area contributed by atoms with E-state index in [2.05, 4.69) is 51.2 Å². The van der Waals surface area contributed by atoms with Gasteiger partial charge in [-0.15, -0.1) is 24.0 Å². The summed E-state index contributed by atoms with van der Waals surface area (Å²) in [6.07, 6.45) is 0.0512. The number of aliphatic imine (C=N–C) groups is 1. The maximum atomic E-state index is 6.00. The van der Waals surface area contributed by atoms with Gasteiger partial charge in [0.2, 0.25) is 0 Å². The van der Waals surface area contributed by atoms with Gasteiger partial charge in [0.15, 0.2) is 5.96 Å². The van der Waals surface area contributed by atoms with Gasteiger partial charge in [-0.25, -0.2) is 0 Å². The van der Waals surface area contributed by atoms with Crippen molar-refractivity contribution in [1.29, 1.82) is 0 Å². The minimum atomic E-state index is 0. The largest absolute Gasteiger partial charge is 0.489 e. The average molecular weight is 513 g/mol. The van der Waals surface area contributed by atoms with Gasteiger partial charge in [-0.3, -0.25) is 9.89 Å². The number of hydrogen-bond donors (Lipinski definition) is 1. The molecule has 160 valence electrons. The van der Waals surface area contributed by atoms with E-state index >= 15 is 0 Å². The molecule has 0 aliphatic carbocycles. The summed E-state index contributed by atoms with van der Waals surface area (Å²) in [5.74, 6) is 2.69. The van der Waals surface area contributed by atoms with Crippen LogP contribution in [-0.4, -0.2) is 66.8 Å². The lowest BCUT2D eigenvalue weighted by atomic mass is 10.2. The predicted octanol–water partition coefficient (Wildman–Crippen LogP) is 3.07. The zero-order valence-corrected chi connectivity index (χ0v) is 20.1. The molecule has 3 rings (SSSR count). The van der Waals surface area contributed by atoms with Gasteiger partial charge in [0.25, 0.3) is 0 Å². The molecule has 2 heterocycles. The molecular formula is C21H32IN5O2. The molecule has 0 bridgehead atoms. The third-order valence-electron chi connectivity index (χ3n) is 4.82. The molecule has 0 radical (unpaired) electrons. The van der Waals surface area contributed by atoms with Crippen molar-refractivity contribution in [2.45, 2.75) is 33.4 Å². The van der Waals surface area contributed by atoms with E-state index in [9.17, 15) is 0 Å². The van der Waals surface area contributed by atoms with Crippen molar-refractivity contribution in [3.63, 3.8) is 0 Å². The maximum absolute atomic E-state index is 6.00. The highest BCUT2D eigenvalue weighted by Crippen LogP contribution is 2.14. The molecule has 1 atom stereocenters. The Bertz CT molecular complexity index is 787. The zero-order chi connectivity index (χ0) is 19.9. The highest BCUT2D eigenvalue weighted by atomic mass is 127. The molecule has 0 spiro atoms. The zero-order valence-electron chi connectivity index (χ0n) is 17.7. The van der Waals surface area contributed by atoms with Crippen LogP contribution in [0.25, 0.3) is 0 Å². The Kier molecular flexibility index (Phi) is 9.22. The standard InChI is InChI=1S/C21H31N5O2.HI/c1-16-6-5-7-20(12-16)27-18(3)14-23-21(22-4)26-10-8-25(9-11-26)15-19-13-17(2)28-24-19;/h5-7,12-13,18H,8-11,14-15H2,1-4H3,(H,22,23);1H. The third-order valence-corrected chi connectivity index (χ3v) is 4.82. The van der Waals surface area contributed by atoms with Gasteiger partial charge < -0.3 is 19.5 Å². The van der Waals surface area contributed by atoms with Gasteiger partial charge in [0, 0.05) is 45.8 Å². The number of nitrogens with zero attached hydrogens (tertiary/aromatic N) is 4. The summed E-state index contributed by atoms with van der Waals surface area (Å²) in [5, 5.41) is 7.54. The lowest BCUT2D eigenvalue weighted by Gasteiger charge is -2.36. The molecule has 0 saturated carbocycles. The number of guanidine groups is 1. The number of aryl methyl sites for hydroxylation is 2. The minimum absolute atomic E-state index is 0. The van der Waals surface area contributed by atoms with E-state index in [1.165, 1.54) is 5.56 Å². The van der Waals surface area contributed by atoms with Crippen molar-refractivity contribution in [2.75, 3.05) is 39.8 Å². The first-order valence-electron chi connectivity index (χ1n) is 9.87. The van der Waals surface area contributed by atoms with Crippen molar-refractivity contribution in [3.8, 4) is 5.75 Å². The number of aromatic nitrogens is 1. The highest BCUT2D eigenvalue weighted by Gasteiger charge is 2.21. The fraction of sp³-hybridized carbons (Fsp3) is 0.524. The number of rotatable bonds is 6. The van der Waals surface area contributed by atoms with Crippen LogP contribution >= 0.6 is 24.0 Å². The van der Waals surface area contributed by atoms with E-state index < -0.39 is 0 Å². The second kappa shape index (κ2) is 11.4. The van der Waals surface area contributed by atoms with Gasteiger partial charge in [0.05, 0.1) is 12.2 Å². The number of halogens is 1. The van der Waals surface area contributed by atoms with Crippen LogP contribution in [0.1, 0.15) is 23.9 Å². The second-order valence-corrected chi connectivity index (χ2v) is 7.37. The molecule has 7 nitrogen and oxygen atoms in total. The predicted molar refractivity (Wildman–Crippen MR) is 126 cm³/mol. The molecule has 1 fully saturated rings. The Hall–Kier alpha value is -1.81. The molecule has 1 N–H and O–H groups in total. The topological polar surface area (TPSA) is 66.1 Å². The number of ether oxygens (including phenoxy) is 1. The van der Waals surface area contributed by atoms with Crippen LogP contribution in [0.4, 0.5) is 0 Å². The number of nitrogens with one attached hydrogen (secondary N) is 1. The summed E-state index contributed by atoms with van der Waals surface area (Å²) >= 11 is 0. The Morgan fingerprint density at radius 1 is 1.24 bits per heavy atom. The SMILES string of the molecule is CN=C(NCC(C)Oc1cccc(C)c1)N1CCN(Cc2cc(C)on2)CC1.I. The van der Waals surface area contributed by atoms with E-state index in [0.29, 0.717) is 6.54 Å². The minimum Gasteiger partial charge on any atom is -0.489 e. The van der Waals surface area contributed by atoms with Crippen LogP contribution in [-0.2, 0) is 6.54 Å². The van der Waals surface area contributed by atoms with Gasteiger partial charge in [-0.05, 0) is 38.5 Å². The first-order chi connectivity index (χ1) is 13.5. The van der Waals surface area contributed by atoms with Crippen molar-refractivity contribution in [2.24, 2.45) is 4.99 Å². The first kappa shape index (κ1) is 23.5. The summed E-state index contributed by atoms with van der Waals surface area (Å²) in [7, 11) is 1.83. The van der Waals surface area contributed by atoms with E-state index in [4.69, 9.17) is 9.26 Å². The molecule has 0 amide bonds. The lowest BCUT2D eigenvalue weighted by Crippen LogP contribution is -2.53. The van der Waals surface area contributed by atoms with E-state index in [1.807, 2.05) is 32.2 Å². The Balaban J connectivity index is 0.00000300. The molecule has 1 aromatic heterocycles. The van der Waals surface area contributed by atoms with Crippen LogP contribution in [0, 0.1) is 13.8 Å². The molecule has 29 heavy (non-hydrogen) atoms. The Morgan fingerprint density at radius 2 is 2.00 bits per heavy atom. The van der Waals surface area contributed by atoms with Crippen LogP contribution < -0.4 is 10.1 Å². The number of benzene rings is 1. The fourth-order valence-corrected chi connectivity index (χ4v) is 3.37. The molecule has 1 aliphatic heterocycles. The summed E-state index contributed by atoms with van der Waals surface area (Å²) in [5.41, 5.74) is 2.20. The smallest absolute Gasteiger partial charge is 0.193 e. The first-order valence-corrected chi connectivity index (χ1v) is 9.87. The van der Waals surface area contributed by atoms with Crippen molar-refractivity contribution < 1.29 is 9.26 Å². The Morgan fingerprint density at radius 3 is 2.62 bits per heavy atom. The lowest BCUT2D eigenvalue weighted by molar-refractivity contribution is 0.167. The molecule has 1 unspecified atom stereocenters. The van der Waals surface area contributed by atoms with Crippen molar-refractivity contribution in [1.82, 2.24) is 20.3 Å². The van der Waals surface area contributed by atoms with Crippen LogP contribution in [0.3, 0.4) is 0 Å². The number of piperazine rings is 1. The summed E-state index contributed by atoms with van der Waals surface area (Å²) in [6, 6.07) is 10.1.